The third-order valence-corrected chi connectivity index (χ3v) is 11.6. The van der Waals surface area contributed by atoms with E-state index in [1.54, 1.807) is 0 Å². The summed E-state index contributed by atoms with van der Waals surface area (Å²) in [6.07, 6.45) is 0. The van der Waals surface area contributed by atoms with E-state index in [4.69, 9.17) is 0 Å². The minimum absolute atomic E-state index is 0.0692. The number of benzene rings is 7. The first-order valence-corrected chi connectivity index (χ1v) is 18.7. The van der Waals surface area contributed by atoms with E-state index in [-0.39, 0.29) is 6.71 Å². The monoisotopic (exact) mass is 686 g/mol. The van der Waals surface area contributed by atoms with E-state index in [1.165, 1.54) is 89.6 Å². The first-order chi connectivity index (χ1) is 25.6. The first kappa shape index (κ1) is 33.0. The fraction of sp³-hybridized carbons (Fsp3) is 0.143. The molecule has 0 unspecified atom stereocenters. The van der Waals surface area contributed by atoms with Gasteiger partial charge in [-0.3, -0.25) is 0 Å². The van der Waals surface area contributed by atoms with E-state index in [0.29, 0.717) is 4.48 Å². The van der Waals surface area contributed by atoms with Gasteiger partial charge in [-0.2, -0.15) is 0 Å². The third-order valence-electron chi connectivity index (χ3n) is 11.6. The average molecular weight is 687 g/mol. The Bertz CT molecular complexity index is 2350. The van der Waals surface area contributed by atoms with Gasteiger partial charge in [-0.1, -0.05) is 106 Å². The predicted octanol–water partition coefficient (Wildman–Crippen LogP) is 11.2. The molecule has 0 N–H and O–H groups in total. The van der Waals surface area contributed by atoms with Crippen LogP contribution in [0, 0.1) is 41.5 Å². The zero-order chi connectivity index (χ0) is 36.6. The smallest absolute Gasteiger partial charge is 0.252 e. The van der Waals surface area contributed by atoms with Gasteiger partial charge in [0.15, 0.2) is 0 Å². The van der Waals surface area contributed by atoms with E-state index in [1.807, 2.05) is 0 Å². The zero-order valence-electron chi connectivity index (χ0n) is 31.8. The Morgan fingerprint density at radius 1 is 0.358 bits per heavy atom. The molecule has 2 aliphatic rings. The minimum Gasteiger partial charge on any atom is -0.311 e. The van der Waals surface area contributed by atoms with Gasteiger partial charge in [-0.25, -0.2) is 4.48 Å². The van der Waals surface area contributed by atoms with Crippen molar-refractivity contribution >= 4 is 74.3 Å². The maximum atomic E-state index is 2.52. The quantitative estimate of drug-likeness (QED) is 0.131. The molecule has 2 heterocycles. The molecular formula is C49H45BN3+. The molecule has 0 aliphatic carbocycles. The highest BCUT2D eigenvalue weighted by Crippen LogP contribution is 2.50. The van der Waals surface area contributed by atoms with Gasteiger partial charge in [0, 0.05) is 70.5 Å². The second kappa shape index (κ2) is 12.4. The van der Waals surface area contributed by atoms with Gasteiger partial charge < -0.3 is 9.80 Å². The van der Waals surface area contributed by atoms with Gasteiger partial charge in [0.1, 0.15) is 17.1 Å². The standard InChI is InChI=1S/C49H45BN3/c1-32-8-18-38(19-9-32)51-45-26-16-36(5)28-43(45)50-44-29-37(6)17-27-46(44)52(39-20-10-33(2)11-21-39)48-31-42(30-47(51)49(48)50)53(7,40-22-12-34(3)13-23-40)41-24-14-35(4)15-25-41/h8-31H,1-7H3/q+1. The van der Waals surface area contributed by atoms with E-state index < -0.39 is 0 Å². The summed E-state index contributed by atoms with van der Waals surface area (Å²) in [7, 11) is 2.36. The van der Waals surface area contributed by atoms with Crippen molar-refractivity contribution in [2.45, 2.75) is 41.5 Å². The van der Waals surface area contributed by atoms with Crippen LogP contribution in [0.2, 0.25) is 0 Å². The van der Waals surface area contributed by atoms with Gasteiger partial charge in [0.25, 0.3) is 6.71 Å². The van der Waals surface area contributed by atoms with Crippen molar-refractivity contribution in [2.75, 3.05) is 16.8 Å². The highest BCUT2D eigenvalue weighted by Gasteiger charge is 2.45. The van der Waals surface area contributed by atoms with Gasteiger partial charge in [0.2, 0.25) is 0 Å². The van der Waals surface area contributed by atoms with E-state index in [9.17, 15) is 0 Å². The first-order valence-electron chi connectivity index (χ1n) is 18.7. The molecular weight excluding hydrogens is 641 g/mol. The summed E-state index contributed by atoms with van der Waals surface area (Å²) >= 11 is 0. The van der Waals surface area contributed by atoms with Crippen molar-refractivity contribution in [1.29, 1.82) is 0 Å². The second-order valence-electron chi connectivity index (χ2n) is 15.5. The molecule has 0 spiro atoms. The van der Waals surface area contributed by atoms with Crippen LogP contribution in [0.5, 0.6) is 0 Å². The second-order valence-corrected chi connectivity index (χ2v) is 15.5. The molecule has 9 rings (SSSR count). The Balaban J connectivity index is 1.44. The van der Waals surface area contributed by atoms with Crippen molar-refractivity contribution in [1.82, 2.24) is 4.48 Å². The number of quaternary nitrogens is 1. The lowest BCUT2D eigenvalue weighted by Gasteiger charge is -2.45. The molecule has 0 bridgehead atoms. The molecule has 0 aromatic heterocycles. The largest absolute Gasteiger partial charge is 0.311 e. The molecule has 0 amide bonds. The molecule has 0 fully saturated rings. The van der Waals surface area contributed by atoms with E-state index >= 15 is 0 Å². The molecule has 4 heteroatoms. The third kappa shape index (κ3) is 5.31. The van der Waals surface area contributed by atoms with Crippen molar-refractivity contribution in [3.05, 3.63) is 179 Å². The van der Waals surface area contributed by atoms with E-state index in [2.05, 4.69) is 204 Å². The van der Waals surface area contributed by atoms with Crippen LogP contribution in [0.1, 0.15) is 33.4 Å². The Hall–Kier alpha value is -5.84. The minimum atomic E-state index is 0.0692. The molecule has 0 radical (unpaired) electrons. The molecule has 0 saturated heterocycles. The molecule has 53 heavy (non-hydrogen) atoms. The van der Waals surface area contributed by atoms with Gasteiger partial charge in [0.05, 0.1) is 7.05 Å². The molecule has 3 nitrogen and oxygen atoms in total. The number of anilines is 6. The highest BCUT2D eigenvalue weighted by atomic mass is 15.4. The maximum Gasteiger partial charge on any atom is 0.252 e. The summed E-state index contributed by atoms with van der Waals surface area (Å²) in [5.74, 6) is 0. The van der Waals surface area contributed by atoms with Gasteiger partial charge in [-0.15, -0.1) is 0 Å². The summed E-state index contributed by atoms with van der Waals surface area (Å²) < 4.78 is 0.510. The lowest BCUT2D eigenvalue weighted by molar-refractivity contribution is 0.627. The Morgan fingerprint density at radius 3 is 1.08 bits per heavy atom. The highest BCUT2D eigenvalue weighted by molar-refractivity contribution is 7.00. The summed E-state index contributed by atoms with van der Waals surface area (Å²) in [4.78, 5) is 5.05. The lowest BCUT2D eigenvalue weighted by atomic mass is 9.33. The van der Waals surface area contributed by atoms with Crippen LogP contribution in [-0.4, -0.2) is 13.8 Å². The number of aryl methyl sites for hydroxylation is 6. The summed E-state index contributed by atoms with van der Waals surface area (Å²) in [6.45, 7) is 13.2. The van der Waals surface area contributed by atoms with Crippen LogP contribution in [0.15, 0.2) is 146 Å². The Kier molecular flexibility index (Phi) is 7.72. The maximum absolute atomic E-state index is 2.52. The molecule has 7 aromatic carbocycles. The van der Waals surface area contributed by atoms with Crippen LogP contribution >= 0.6 is 0 Å². The van der Waals surface area contributed by atoms with Crippen molar-refractivity contribution in [3.8, 4) is 0 Å². The summed E-state index contributed by atoms with van der Waals surface area (Å²) in [6, 6.07) is 55.3. The molecule has 7 aromatic rings. The zero-order valence-corrected chi connectivity index (χ0v) is 31.8. The molecule has 2 aliphatic heterocycles. The number of rotatable bonds is 5. The van der Waals surface area contributed by atoms with Crippen LogP contribution in [0.25, 0.3) is 0 Å². The van der Waals surface area contributed by atoms with Crippen LogP contribution in [0.4, 0.5) is 51.2 Å². The van der Waals surface area contributed by atoms with Gasteiger partial charge >= 0.3 is 0 Å². The van der Waals surface area contributed by atoms with E-state index in [0.717, 1.165) is 11.4 Å². The number of nitrogens with zero attached hydrogens (tertiary/aromatic N) is 3. The lowest BCUT2D eigenvalue weighted by Crippen LogP contribution is -2.61. The molecule has 258 valence electrons. The van der Waals surface area contributed by atoms with Crippen molar-refractivity contribution in [2.24, 2.45) is 0 Å². The van der Waals surface area contributed by atoms with Crippen LogP contribution < -0.4 is 30.7 Å². The number of hydrogen-bond donors (Lipinski definition) is 0. The van der Waals surface area contributed by atoms with Crippen LogP contribution in [-0.2, 0) is 0 Å². The number of hydrogen-bond acceptors (Lipinski definition) is 2. The van der Waals surface area contributed by atoms with Gasteiger partial charge in [-0.05, 0) is 94.3 Å². The summed E-state index contributed by atoms with van der Waals surface area (Å²) in [5.41, 5.74) is 22.4. The SMILES string of the molecule is Cc1ccc(N2c3ccc(C)cc3B3c4cc(C)ccc4N(c4ccc(C)cc4)c4cc([N+](C)(c5ccc(C)cc5)c5ccc(C)cc5)cc2c43)cc1. The summed E-state index contributed by atoms with van der Waals surface area (Å²) in [5, 5.41) is 0. The Labute approximate surface area is 315 Å². The fourth-order valence-corrected chi connectivity index (χ4v) is 8.57. The number of fused-ring (bicyclic) bond motifs is 4. The topological polar surface area (TPSA) is 6.48 Å². The predicted molar refractivity (Wildman–Crippen MR) is 229 cm³/mol. The fourth-order valence-electron chi connectivity index (χ4n) is 8.57. The molecule has 0 saturated carbocycles. The Morgan fingerprint density at radius 2 is 0.698 bits per heavy atom. The molecule has 0 atom stereocenters. The van der Waals surface area contributed by atoms with Crippen molar-refractivity contribution in [3.63, 3.8) is 0 Å². The van der Waals surface area contributed by atoms with Crippen LogP contribution in [0.3, 0.4) is 0 Å². The normalized spacial score (nSPS) is 13.1. The average Bonchev–Trinajstić information content (AvgIpc) is 3.16. The van der Waals surface area contributed by atoms with Crippen molar-refractivity contribution < 1.29 is 0 Å².